The molecule has 0 fully saturated rings. The molecule has 0 spiro atoms. The third kappa shape index (κ3) is 12.8. The van der Waals surface area contributed by atoms with Crippen LogP contribution in [-0.2, 0) is 38.2 Å². The Morgan fingerprint density at radius 1 is 1.00 bits per heavy atom. The Labute approximate surface area is 178 Å². The molecule has 0 heterocycles. The zero-order chi connectivity index (χ0) is 23.4. The van der Waals surface area contributed by atoms with Crippen molar-refractivity contribution in [1.29, 1.82) is 0 Å². The molecule has 0 aliphatic carbocycles. The molecule has 1 atom stereocenters. The van der Waals surface area contributed by atoms with E-state index in [1.54, 1.807) is 13.8 Å². The van der Waals surface area contributed by atoms with E-state index in [1.165, 1.54) is 20.8 Å². The lowest BCUT2D eigenvalue weighted by Gasteiger charge is -2.28. The second-order valence-electron chi connectivity index (χ2n) is 7.95. The number of carbonyl (C=O) groups excluding carboxylic acids is 3. The number of carbonyl (C=O) groups is 3. The van der Waals surface area contributed by atoms with Gasteiger partial charge in [0.05, 0.1) is 31.5 Å². The first-order valence-electron chi connectivity index (χ1n) is 9.91. The van der Waals surface area contributed by atoms with Crippen LogP contribution in [-0.4, -0.2) is 69.6 Å². The lowest BCUT2D eigenvalue weighted by Crippen LogP contribution is -2.41. The lowest BCUT2D eigenvalue weighted by molar-refractivity contribution is -0.161. The zero-order valence-corrected chi connectivity index (χ0v) is 19.2. The van der Waals surface area contributed by atoms with Gasteiger partial charge in [0.15, 0.2) is 6.10 Å². The topological polar surface area (TPSA) is 145 Å². The number of aliphatic hydroxyl groups is 1. The number of nitrogens with one attached hydrogen (secondary N) is 1. The van der Waals surface area contributed by atoms with Gasteiger partial charge in [0.2, 0.25) is 5.91 Å². The Morgan fingerprint density at radius 2 is 1.53 bits per heavy atom. The van der Waals surface area contributed by atoms with Crippen LogP contribution in [0.5, 0.6) is 0 Å². The van der Waals surface area contributed by atoms with Gasteiger partial charge in [-0.15, -0.1) is 0 Å². The number of amides is 1. The fourth-order valence-corrected chi connectivity index (χ4v) is 3.11. The summed E-state index contributed by atoms with van der Waals surface area (Å²) in [6.07, 6.45) is -0.445. The van der Waals surface area contributed by atoms with E-state index >= 15 is 0 Å². The summed E-state index contributed by atoms with van der Waals surface area (Å²) in [4.78, 5) is 34.1. The first kappa shape index (κ1) is 28.3. The molecule has 11 heteroatoms. The molecule has 176 valence electrons. The maximum atomic E-state index is 12.0. The number of hydrogen-bond donors (Lipinski definition) is 2. The average Bonchev–Trinajstić information content (AvgIpc) is 2.65. The van der Waals surface area contributed by atoms with Crippen molar-refractivity contribution in [1.82, 2.24) is 5.32 Å². The quantitative estimate of drug-likeness (QED) is 0.208. The maximum Gasteiger partial charge on any atom is 0.335 e. The van der Waals surface area contributed by atoms with Gasteiger partial charge < -0.3 is 19.9 Å². The van der Waals surface area contributed by atoms with E-state index in [0.717, 1.165) is 0 Å². The molecule has 1 amide bonds. The maximum absolute atomic E-state index is 12.0. The van der Waals surface area contributed by atoms with Crippen molar-refractivity contribution in [2.24, 2.45) is 11.3 Å². The van der Waals surface area contributed by atoms with Crippen molar-refractivity contribution >= 4 is 28.0 Å². The minimum absolute atomic E-state index is 0.0352. The Balaban J connectivity index is 4.24. The number of unbranched alkanes of at least 4 members (excludes halogenated alkanes) is 1. The van der Waals surface area contributed by atoms with Crippen LogP contribution in [0.4, 0.5) is 0 Å². The first-order chi connectivity index (χ1) is 13.8. The van der Waals surface area contributed by atoms with Crippen LogP contribution in [0.3, 0.4) is 0 Å². The molecule has 30 heavy (non-hydrogen) atoms. The van der Waals surface area contributed by atoms with Crippen molar-refractivity contribution in [2.45, 2.75) is 60.0 Å². The average molecular weight is 454 g/mol. The van der Waals surface area contributed by atoms with Crippen LogP contribution < -0.4 is 5.32 Å². The summed E-state index contributed by atoms with van der Waals surface area (Å²) in [5, 5.41) is 12.7. The Bertz CT molecular complexity index is 659. The van der Waals surface area contributed by atoms with Crippen LogP contribution in [0, 0.1) is 11.3 Å². The van der Waals surface area contributed by atoms with E-state index in [9.17, 15) is 27.9 Å². The Kier molecular flexibility index (Phi) is 12.8. The molecule has 0 bridgehead atoms. The highest BCUT2D eigenvalue weighted by molar-refractivity contribution is 7.86. The van der Waals surface area contributed by atoms with Crippen molar-refractivity contribution in [3.05, 3.63) is 0 Å². The lowest BCUT2D eigenvalue weighted by atomic mass is 9.88. The van der Waals surface area contributed by atoms with E-state index < -0.39 is 34.2 Å². The number of aliphatic hydroxyl groups excluding tert-OH is 1. The molecule has 10 nitrogen and oxygen atoms in total. The number of ether oxygens (including phenoxy) is 2. The summed E-state index contributed by atoms with van der Waals surface area (Å²) in [6.45, 7) is 7.81. The molecular weight excluding hydrogens is 418 g/mol. The van der Waals surface area contributed by atoms with Gasteiger partial charge in [-0.2, -0.15) is 8.42 Å². The molecule has 0 aromatic rings. The van der Waals surface area contributed by atoms with Crippen molar-refractivity contribution in [3.8, 4) is 0 Å². The van der Waals surface area contributed by atoms with Crippen LogP contribution >= 0.6 is 0 Å². The summed E-state index contributed by atoms with van der Waals surface area (Å²) < 4.78 is 38.7. The smallest absolute Gasteiger partial charge is 0.335 e. The standard InChI is InChI=1S/C19H35NO9S/c1-14(2)17(23)27-10-6-7-11-28-18(24)16(22)19(4,5)13-29-30(25,26)12-8-9-20-15(3)21/h14,16,22H,6-13H2,1-5H3,(H,20,21)/t16-/m0/s1. The highest BCUT2D eigenvalue weighted by Crippen LogP contribution is 2.23. The molecule has 2 N–H and O–H groups in total. The highest BCUT2D eigenvalue weighted by atomic mass is 32.2. The van der Waals surface area contributed by atoms with Gasteiger partial charge in [0.1, 0.15) is 0 Å². The first-order valence-corrected chi connectivity index (χ1v) is 11.5. The highest BCUT2D eigenvalue weighted by Gasteiger charge is 2.36. The summed E-state index contributed by atoms with van der Waals surface area (Å²) in [5.74, 6) is -1.94. The largest absolute Gasteiger partial charge is 0.465 e. The predicted octanol–water partition coefficient (Wildman–Crippen LogP) is 0.769. The molecule has 0 aromatic carbocycles. The Hall–Kier alpha value is -1.72. The molecule has 0 aliphatic rings. The fourth-order valence-electron chi connectivity index (χ4n) is 2.01. The van der Waals surface area contributed by atoms with Gasteiger partial charge in [0, 0.05) is 18.9 Å². The zero-order valence-electron chi connectivity index (χ0n) is 18.4. The third-order valence-electron chi connectivity index (χ3n) is 4.02. The second kappa shape index (κ2) is 13.6. The van der Waals surface area contributed by atoms with Crippen LogP contribution in [0.25, 0.3) is 0 Å². The molecule has 0 aliphatic heterocycles. The normalized spacial score (nSPS) is 13.0. The number of esters is 2. The summed E-state index contributed by atoms with van der Waals surface area (Å²) in [5.41, 5.74) is -1.20. The molecule has 0 radical (unpaired) electrons. The molecule has 0 unspecified atom stereocenters. The van der Waals surface area contributed by atoms with Crippen molar-refractivity contribution in [3.63, 3.8) is 0 Å². The van der Waals surface area contributed by atoms with E-state index in [0.29, 0.717) is 12.8 Å². The Morgan fingerprint density at radius 3 is 2.03 bits per heavy atom. The second-order valence-corrected chi connectivity index (χ2v) is 9.71. The minimum atomic E-state index is -3.87. The van der Waals surface area contributed by atoms with E-state index in [4.69, 9.17) is 13.7 Å². The van der Waals surface area contributed by atoms with Crippen molar-refractivity contribution in [2.75, 3.05) is 32.1 Å². The van der Waals surface area contributed by atoms with Gasteiger partial charge in [-0.25, -0.2) is 4.79 Å². The van der Waals surface area contributed by atoms with Crippen LogP contribution in [0.2, 0.25) is 0 Å². The SMILES string of the molecule is CC(=O)NCCCS(=O)(=O)OCC(C)(C)[C@@H](O)C(=O)OCCCCOC(=O)C(C)C. The van der Waals surface area contributed by atoms with Crippen LogP contribution in [0.1, 0.15) is 53.9 Å². The number of hydrogen-bond acceptors (Lipinski definition) is 9. The number of rotatable bonds is 15. The summed E-state index contributed by atoms with van der Waals surface area (Å²) in [7, 11) is -3.87. The van der Waals surface area contributed by atoms with Gasteiger partial charge in [-0.3, -0.25) is 13.8 Å². The van der Waals surface area contributed by atoms with E-state index in [-0.39, 0.29) is 49.7 Å². The predicted molar refractivity (Wildman–Crippen MR) is 109 cm³/mol. The van der Waals surface area contributed by atoms with Gasteiger partial charge in [-0.05, 0) is 19.3 Å². The monoisotopic (exact) mass is 453 g/mol. The van der Waals surface area contributed by atoms with Crippen molar-refractivity contribution < 1.29 is 41.6 Å². The van der Waals surface area contributed by atoms with Gasteiger partial charge in [0.25, 0.3) is 10.1 Å². The molecule has 0 aromatic heterocycles. The molecule has 0 saturated heterocycles. The van der Waals surface area contributed by atoms with Gasteiger partial charge >= 0.3 is 11.9 Å². The third-order valence-corrected chi connectivity index (χ3v) is 5.28. The molecular formula is C19H35NO9S. The van der Waals surface area contributed by atoms with Crippen LogP contribution in [0.15, 0.2) is 0 Å². The minimum Gasteiger partial charge on any atom is -0.465 e. The molecule has 0 rings (SSSR count). The summed E-state index contributed by atoms with van der Waals surface area (Å²) >= 11 is 0. The summed E-state index contributed by atoms with van der Waals surface area (Å²) in [6, 6.07) is 0. The van der Waals surface area contributed by atoms with E-state index in [1.807, 2.05) is 0 Å². The fraction of sp³-hybridized carbons (Fsp3) is 0.842. The van der Waals surface area contributed by atoms with Gasteiger partial charge in [-0.1, -0.05) is 27.7 Å². The molecule has 0 saturated carbocycles. The van der Waals surface area contributed by atoms with E-state index in [2.05, 4.69) is 5.32 Å².